The molecule has 0 amide bonds. The van der Waals surface area contributed by atoms with Crippen LogP contribution in [-0.2, 0) is 10.0 Å². The van der Waals surface area contributed by atoms with Crippen molar-refractivity contribution in [3.05, 3.63) is 65.7 Å². The molecule has 3 nitrogen and oxygen atoms in total. The lowest BCUT2D eigenvalue weighted by Gasteiger charge is -2.05. The van der Waals surface area contributed by atoms with Crippen molar-refractivity contribution in [2.45, 2.75) is 24.7 Å². The maximum Gasteiger partial charge on any atom is 0.281 e. The van der Waals surface area contributed by atoms with E-state index in [0.717, 1.165) is 11.1 Å². The van der Waals surface area contributed by atoms with Gasteiger partial charge in [-0.2, -0.15) is 12.8 Å². The van der Waals surface area contributed by atoms with Crippen LogP contribution >= 0.6 is 0 Å². The van der Waals surface area contributed by atoms with E-state index < -0.39 is 10.0 Å². The molecule has 104 valence electrons. The summed E-state index contributed by atoms with van der Waals surface area (Å²) in [5, 5.41) is 0. The molecule has 0 aliphatic rings. The predicted molar refractivity (Wildman–Crippen MR) is 81.7 cm³/mol. The molecule has 1 unspecified atom stereocenters. The minimum Gasteiger partial charge on any atom is -0.199 e. The summed E-state index contributed by atoms with van der Waals surface area (Å²) in [5.74, 6) is -0.0450. The van der Waals surface area contributed by atoms with Gasteiger partial charge in [0.15, 0.2) is 0 Å². The summed E-state index contributed by atoms with van der Waals surface area (Å²) in [7, 11) is -3.61. The van der Waals surface area contributed by atoms with Gasteiger partial charge in [-0.25, -0.2) is 0 Å². The van der Waals surface area contributed by atoms with Gasteiger partial charge in [-0.15, -0.1) is 0 Å². The van der Waals surface area contributed by atoms with Crippen molar-refractivity contribution in [2.75, 3.05) is 0 Å². The van der Waals surface area contributed by atoms with E-state index in [2.05, 4.69) is 4.40 Å². The molecule has 0 N–H and O–H groups in total. The van der Waals surface area contributed by atoms with Crippen LogP contribution in [0, 0.1) is 6.92 Å². The smallest absolute Gasteiger partial charge is 0.199 e. The van der Waals surface area contributed by atoms with Crippen LogP contribution in [0.1, 0.15) is 24.0 Å². The van der Waals surface area contributed by atoms with Gasteiger partial charge in [-0.1, -0.05) is 55.0 Å². The first-order valence-corrected chi connectivity index (χ1v) is 7.85. The Kier molecular flexibility index (Phi) is 4.35. The van der Waals surface area contributed by atoms with Gasteiger partial charge in [0.1, 0.15) is 0 Å². The van der Waals surface area contributed by atoms with E-state index in [0.29, 0.717) is 0 Å². The van der Waals surface area contributed by atoms with Crippen LogP contribution in [0.25, 0.3) is 0 Å². The number of hydrogen-bond donors (Lipinski definition) is 0. The summed E-state index contributed by atoms with van der Waals surface area (Å²) >= 11 is 0. The largest absolute Gasteiger partial charge is 0.281 e. The van der Waals surface area contributed by atoms with Crippen LogP contribution in [0.15, 0.2) is 63.9 Å². The molecule has 0 fully saturated rings. The Morgan fingerprint density at radius 3 is 2.20 bits per heavy atom. The Hall–Kier alpha value is -1.94. The molecule has 0 bridgehead atoms. The first kappa shape index (κ1) is 14.5. The van der Waals surface area contributed by atoms with Crippen LogP contribution in [0.5, 0.6) is 0 Å². The number of nitrogens with zero attached hydrogens (tertiary/aromatic N) is 1. The van der Waals surface area contributed by atoms with Gasteiger partial charge in [-0.3, -0.25) is 0 Å². The lowest BCUT2D eigenvalue weighted by molar-refractivity contribution is 0.598. The number of aryl methyl sites for hydroxylation is 1. The van der Waals surface area contributed by atoms with Crippen molar-refractivity contribution in [1.29, 1.82) is 0 Å². The molecule has 0 aromatic heterocycles. The predicted octanol–water partition coefficient (Wildman–Crippen LogP) is 3.56. The quantitative estimate of drug-likeness (QED) is 0.807. The third kappa shape index (κ3) is 3.54. The van der Waals surface area contributed by atoms with Crippen molar-refractivity contribution in [1.82, 2.24) is 0 Å². The van der Waals surface area contributed by atoms with Crippen LogP contribution in [0.4, 0.5) is 0 Å². The SMILES string of the molecule is Cc1ccc(S(=O)(=O)/N=C/C(C)c2ccccc2)cc1. The van der Waals surface area contributed by atoms with Crippen molar-refractivity contribution in [3.63, 3.8) is 0 Å². The first-order valence-electron chi connectivity index (χ1n) is 6.41. The molecule has 1 atom stereocenters. The minimum atomic E-state index is -3.61. The summed E-state index contributed by atoms with van der Waals surface area (Å²) in [4.78, 5) is 0.222. The van der Waals surface area contributed by atoms with Crippen LogP contribution in [0.2, 0.25) is 0 Å². The number of benzene rings is 2. The molecule has 0 saturated heterocycles. The monoisotopic (exact) mass is 287 g/mol. The first-order chi connectivity index (χ1) is 9.49. The van der Waals surface area contributed by atoms with E-state index >= 15 is 0 Å². The Balaban J connectivity index is 2.20. The Bertz CT molecular complexity index is 689. The highest BCUT2D eigenvalue weighted by Crippen LogP contribution is 2.16. The van der Waals surface area contributed by atoms with Gasteiger partial charge >= 0.3 is 0 Å². The van der Waals surface area contributed by atoms with Crippen molar-refractivity contribution in [2.24, 2.45) is 4.40 Å². The summed E-state index contributed by atoms with van der Waals surface area (Å²) < 4.78 is 27.9. The van der Waals surface area contributed by atoms with Gasteiger partial charge in [0.25, 0.3) is 10.0 Å². The summed E-state index contributed by atoms with van der Waals surface area (Å²) in [6, 6.07) is 16.4. The van der Waals surface area contributed by atoms with Crippen molar-refractivity contribution < 1.29 is 8.42 Å². The second kappa shape index (κ2) is 6.01. The van der Waals surface area contributed by atoms with Crippen molar-refractivity contribution >= 4 is 16.2 Å². The van der Waals surface area contributed by atoms with Gasteiger partial charge in [0.05, 0.1) is 4.90 Å². The highest BCUT2D eigenvalue weighted by atomic mass is 32.2. The molecular weight excluding hydrogens is 270 g/mol. The van der Waals surface area contributed by atoms with E-state index in [1.165, 1.54) is 6.21 Å². The molecule has 0 heterocycles. The average Bonchev–Trinajstić information content (AvgIpc) is 2.46. The molecule has 0 spiro atoms. The van der Waals surface area contributed by atoms with Gasteiger partial charge in [0, 0.05) is 12.1 Å². The average molecular weight is 287 g/mol. The molecule has 2 aromatic rings. The topological polar surface area (TPSA) is 46.5 Å². The number of hydrogen-bond acceptors (Lipinski definition) is 2. The third-order valence-corrected chi connectivity index (χ3v) is 4.33. The van der Waals surface area contributed by atoms with Crippen molar-refractivity contribution in [3.8, 4) is 0 Å². The second-order valence-corrected chi connectivity index (χ2v) is 6.37. The molecule has 20 heavy (non-hydrogen) atoms. The Morgan fingerprint density at radius 1 is 1.00 bits per heavy atom. The third-order valence-electron chi connectivity index (χ3n) is 3.07. The Labute approximate surface area is 120 Å². The Morgan fingerprint density at radius 2 is 1.60 bits per heavy atom. The van der Waals surface area contributed by atoms with Crippen LogP contribution in [-0.4, -0.2) is 14.6 Å². The zero-order valence-electron chi connectivity index (χ0n) is 11.5. The lowest BCUT2D eigenvalue weighted by atomic mass is 10.0. The fourth-order valence-corrected chi connectivity index (χ4v) is 2.73. The van der Waals surface area contributed by atoms with E-state index in [1.54, 1.807) is 24.3 Å². The molecule has 0 aliphatic heterocycles. The van der Waals surface area contributed by atoms with Gasteiger partial charge < -0.3 is 0 Å². The fourth-order valence-electron chi connectivity index (χ4n) is 1.79. The normalized spacial score (nSPS) is 13.5. The highest BCUT2D eigenvalue weighted by Gasteiger charge is 2.12. The van der Waals surface area contributed by atoms with Gasteiger partial charge in [0.2, 0.25) is 0 Å². The zero-order chi connectivity index (χ0) is 14.6. The molecule has 2 aromatic carbocycles. The highest BCUT2D eigenvalue weighted by molar-refractivity contribution is 7.90. The lowest BCUT2D eigenvalue weighted by Crippen LogP contribution is -2.01. The molecule has 0 radical (unpaired) electrons. The summed E-state index contributed by atoms with van der Waals surface area (Å²) in [5.41, 5.74) is 2.06. The fraction of sp³-hybridized carbons (Fsp3) is 0.188. The maximum atomic E-state index is 12.1. The molecular formula is C16H17NO2S. The van der Waals surface area contributed by atoms with E-state index in [-0.39, 0.29) is 10.8 Å². The number of rotatable bonds is 4. The van der Waals surface area contributed by atoms with E-state index in [9.17, 15) is 8.42 Å². The molecule has 2 rings (SSSR count). The summed E-state index contributed by atoms with van der Waals surface area (Å²) in [6.45, 7) is 3.83. The van der Waals surface area contributed by atoms with Crippen LogP contribution < -0.4 is 0 Å². The molecule has 0 saturated carbocycles. The summed E-state index contributed by atoms with van der Waals surface area (Å²) in [6.07, 6.45) is 1.48. The zero-order valence-corrected chi connectivity index (χ0v) is 12.3. The standard InChI is InChI=1S/C16H17NO2S/c1-13-8-10-16(11-9-13)20(18,19)17-12-14(2)15-6-4-3-5-7-15/h3-12,14H,1-2H3/b17-12+. The van der Waals surface area contributed by atoms with E-state index in [4.69, 9.17) is 0 Å². The maximum absolute atomic E-state index is 12.1. The molecule has 4 heteroatoms. The second-order valence-electron chi connectivity index (χ2n) is 4.74. The molecule has 0 aliphatic carbocycles. The number of sulfonamides is 1. The minimum absolute atomic E-state index is 0.0450. The van der Waals surface area contributed by atoms with E-state index in [1.807, 2.05) is 44.2 Å². The van der Waals surface area contributed by atoms with Crippen LogP contribution in [0.3, 0.4) is 0 Å². The van der Waals surface area contributed by atoms with Gasteiger partial charge in [-0.05, 0) is 24.6 Å².